The Kier molecular flexibility index (Phi) is 4.71. The molecule has 0 amide bonds. The van der Waals surface area contributed by atoms with Gasteiger partial charge in [-0.25, -0.2) is 9.78 Å². The van der Waals surface area contributed by atoms with Crippen molar-refractivity contribution in [3.8, 4) is 34.1 Å². The second-order valence-electron chi connectivity index (χ2n) is 7.05. The molecule has 0 saturated carbocycles. The first-order chi connectivity index (χ1) is 15.1. The number of phenols is 1. The largest absolute Gasteiger partial charge is 0.507 e. The number of fused-ring (bicyclic) bond motifs is 2. The average molecular weight is 474 g/mol. The Morgan fingerprint density at radius 3 is 2.45 bits per heavy atom. The molecule has 0 atom stereocenters. The number of aromatic hydroxyl groups is 1. The lowest BCUT2D eigenvalue weighted by atomic mass is 9.92. The SMILES string of the molecule is COc1ccc(-c2oc(=O)c3ccccc3c2-c2c(O)ccc3ccc(Br)cc23)nc1. The van der Waals surface area contributed by atoms with Gasteiger partial charge in [0.1, 0.15) is 17.2 Å². The zero-order valence-corrected chi connectivity index (χ0v) is 18.0. The molecule has 3 aromatic carbocycles. The monoisotopic (exact) mass is 473 g/mol. The van der Waals surface area contributed by atoms with Gasteiger partial charge in [-0.3, -0.25) is 0 Å². The summed E-state index contributed by atoms with van der Waals surface area (Å²) in [6.07, 6.45) is 1.56. The Balaban J connectivity index is 1.96. The zero-order valence-electron chi connectivity index (χ0n) is 16.4. The second-order valence-corrected chi connectivity index (χ2v) is 7.96. The molecule has 2 heterocycles. The molecule has 0 aliphatic carbocycles. The summed E-state index contributed by atoms with van der Waals surface area (Å²) in [5, 5.41) is 13.8. The predicted molar refractivity (Wildman–Crippen MR) is 125 cm³/mol. The predicted octanol–water partition coefficient (Wildman–Crippen LogP) is 6.15. The van der Waals surface area contributed by atoms with Crippen molar-refractivity contribution in [1.29, 1.82) is 0 Å². The molecule has 0 saturated heterocycles. The number of rotatable bonds is 3. The summed E-state index contributed by atoms with van der Waals surface area (Å²) in [6, 6.07) is 20.0. The highest BCUT2D eigenvalue weighted by atomic mass is 79.9. The van der Waals surface area contributed by atoms with E-state index in [-0.39, 0.29) is 11.5 Å². The zero-order chi connectivity index (χ0) is 21.5. The summed E-state index contributed by atoms with van der Waals surface area (Å²) in [7, 11) is 1.56. The van der Waals surface area contributed by atoms with E-state index in [1.165, 1.54) is 0 Å². The summed E-state index contributed by atoms with van der Waals surface area (Å²) in [5.74, 6) is 0.957. The van der Waals surface area contributed by atoms with E-state index in [1.54, 1.807) is 43.6 Å². The van der Waals surface area contributed by atoms with E-state index in [1.807, 2.05) is 36.4 Å². The summed E-state index contributed by atoms with van der Waals surface area (Å²) in [6.45, 7) is 0. The fourth-order valence-electron chi connectivity index (χ4n) is 3.81. The van der Waals surface area contributed by atoms with Gasteiger partial charge < -0.3 is 14.3 Å². The molecule has 0 bridgehead atoms. The highest BCUT2D eigenvalue weighted by molar-refractivity contribution is 9.10. The smallest absolute Gasteiger partial charge is 0.344 e. The minimum Gasteiger partial charge on any atom is -0.507 e. The van der Waals surface area contributed by atoms with Crippen molar-refractivity contribution in [1.82, 2.24) is 4.98 Å². The van der Waals surface area contributed by atoms with Gasteiger partial charge in [0.15, 0.2) is 5.76 Å². The van der Waals surface area contributed by atoms with E-state index >= 15 is 0 Å². The van der Waals surface area contributed by atoms with Crippen LogP contribution in [0.2, 0.25) is 0 Å². The molecule has 0 radical (unpaired) electrons. The number of halogens is 1. The van der Waals surface area contributed by atoms with Crippen molar-refractivity contribution in [3.05, 3.63) is 87.8 Å². The van der Waals surface area contributed by atoms with Crippen LogP contribution in [-0.4, -0.2) is 17.2 Å². The highest BCUT2D eigenvalue weighted by Crippen LogP contribution is 2.44. The second kappa shape index (κ2) is 7.56. The summed E-state index contributed by atoms with van der Waals surface area (Å²) in [5.41, 5.74) is 1.18. The Hall–Kier alpha value is -3.64. The maximum absolute atomic E-state index is 12.8. The molecule has 2 aromatic heterocycles. The van der Waals surface area contributed by atoms with Crippen LogP contribution in [0.15, 0.2) is 86.6 Å². The molecule has 0 aliphatic rings. The first kappa shape index (κ1) is 19.3. The molecular formula is C25H16BrNO4. The molecule has 6 heteroatoms. The lowest BCUT2D eigenvalue weighted by molar-refractivity contribution is 0.413. The fraction of sp³-hybridized carbons (Fsp3) is 0.0400. The van der Waals surface area contributed by atoms with Gasteiger partial charge in [-0.2, -0.15) is 0 Å². The van der Waals surface area contributed by atoms with Gasteiger partial charge in [0, 0.05) is 21.0 Å². The third-order valence-corrected chi connectivity index (χ3v) is 5.75. The minimum atomic E-state index is -0.465. The molecule has 0 unspecified atom stereocenters. The number of nitrogens with zero attached hydrogens (tertiary/aromatic N) is 1. The van der Waals surface area contributed by atoms with Gasteiger partial charge in [-0.05, 0) is 47.2 Å². The number of methoxy groups -OCH3 is 1. The average Bonchev–Trinajstić information content (AvgIpc) is 2.80. The van der Waals surface area contributed by atoms with Crippen LogP contribution in [0.4, 0.5) is 0 Å². The van der Waals surface area contributed by atoms with E-state index in [0.717, 1.165) is 15.2 Å². The number of ether oxygens (including phenoxy) is 1. The van der Waals surface area contributed by atoms with Gasteiger partial charge in [0.2, 0.25) is 0 Å². The lowest BCUT2D eigenvalue weighted by Crippen LogP contribution is -2.04. The molecule has 5 aromatic rings. The highest BCUT2D eigenvalue weighted by Gasteiger charge is 2.22. The molecule has 5 rings (SSSR count). The van der Waals surface area contributed by atoms with Crippen LogP contribution in [0.3, 0.4) is 0 Å². The van der Waals surface area contributed by atoms with Crippen LogP contribution in [0.25, 0.3) is 44.1 Å². The van der Waals surface area contributed by atoms with Gasteiger partial charge in [0.25, 0.3) is 0 Å². The molecule has 5 nitrogen and oxygen atoms in total. The molecule has 0 aliphatic heterocycles. The number of pyridine rings is 1. The Morgan fingerprint density at radius 2 is 1.71 bits per heavy atom. The maximum Gasteiger partial charge on any atom is 0.344 e. The maximum atomic E-state index is 12.8. The Bertz CT molecular complexity index is 1500. The van der Waals surface area contributed by atoms with Crippen molar-refractivity contribution in [3.63, 3.8) is 0 Å². The number of aromatic nitrogens is 1. The number of phenolic OH excluding ortho intramolecular Hbond substituents is 1. The molecule has 31 heavy (non-hydrogen) atoms. The van der Waals surface area contributed by atoms with Crippen molar-refractivity contribution < 1.29 is 14.3 Å². The summed E-state index contributed by atoms with van der Waals surface area (Å²) in [4.78, 5) is 17.2. The van der Waals surface area contributed by atoms with Crippen LogP contribution in [0, 0.1) is 0 Å². The topological polar surface area (TPSA) is 72.6 Å². The Labute approximate surface area is 185 Å². The fourth-order valence-corrected chi connectivity index (χ4v) is 4.17. The quantitative estimate of drug-likeness (QED) is 0.340. The minimum absolute atomic E-state index is 0.0827. The van der Waals surface area contributed by atoms with E-state index in [0.29, 0.717) is 33.3 Å². The standard InChI is InChI=1S/C25H16BrNO4/c1-30-16-9-10-20(27-13-16)24-23(17-4-2-3-5-18(17)25(29)31-24)22-19-12-15(26)8-6-14(19)7-11-21(22)28/h2-13,28H,1H3. The number of hydrogen-bond acceptors (Lipinski definition) is 5. The molecule has 1 N–H and O–H groups in total. The van der Waals surface area contributed by atoms with E-state index in [2.05, 4.69) is 20.9 Å². The first-order valence-corrected chi connectivity index (χ1v) is 10.3. The van der Waals surface area contributed by atoms with Gasteiger partial charge in [0.05, 0.1) is 18.7 Å². The van der Waals surface area contributed by atoms with Crippen molar-refractivity contribution in [2.24, 2.45) is 0 Å². The van der Waals surface area contributed by atoms with Crippen LogP contribution < -0.4 is 10.4 Å². The van der Waals surface area contributed by atoms with E-state index in [4.69, 9.17) is 9.15 Å². The number of benzene rings is 3. The van der Waals surface area contributed by atoms with Gasteiger partial charge in [-0.1, -0.05) is 46.3 Å². The normalized spacial score (nSPS) is 11.2. The molecule has 152 valence electrons. The molecule has 0 spiro atoms. The third kappa shape index (κ3) is 3.25. The van der Waals surface area contributed by atoms with Gasteiger partial charge >= 0.3 is 5.63 Å². The summed E-state index contributed by atoms with van der Waals surface area (Å²) >= 11 is 3.52. The van der Waals surface area contributed by atoms with Crippen LogP contribution >= 0.6 is 15.9 Å². The van der Waals surface area contributed by atoms with Crippen molar-refractivity contribution in [2.75, 3.05) is 7.11 Å². The molecular weight excluding hydrogens is 458 g/mol. The van der Waals surface area contributed by atoms with E-state index in [9.17, 15) is 9.90 Å². The van der Waals surface area contributed by atoms with Crippen LogP contribution in [-0.2, 0) is 0 Å². The first-order valence-electron chi connectivity index (χ1n) is 9.54. The van der Waals surface area contributed by atoms with E-state index < -0.39 is 5.63 Å². The third-order valence-electron chi connectivity index (χ3n) is 5.25. The van der Waals surface area contributed by atoms with Crippen molar-refractivity contribution >= 4 is 37.5 Å². The number of hydrogen-bond donors (Lipinski definition) is 1. The van der Waals surface area contributed by atoms with Gasteiger partial charge in [-0.15, -0.1) is 0 Å². The summed E-state index contributed by atoms with van der Waals surface area (Å²) < 4.78 is 11.9. The van der Waals surface area contributed by atoms with Crippen LogP contribution in [0.5, 0.6) is 11.5 Å². The van der Waals surface area contributed by atoms with Crippen LogP contribution in [0.1, 0.15) is 0 Å². The lowest BCUT2D eigenvalue weighted by Gasteiger charge is -2.15. The van der Waals surface area contributed by atoms with Crippen molar-refractivity contribution in [2.45, 2.75) is 0 Å². The Morgan fingerprint density at radius 1 is 0.935 bits per heavy atom. The molecule has 0 fully saturated rings.